The molecule has 1 aliphatic heterocycles. The van der Waals surface area contributed by atoms with Crippen LogP contribution in [0.15, 0.2) is 36.5 Å². The van der Waals surface area contributed by atoms with Crippen LogP contribution in [0.2, 0.25) is 0 Å². The van der Waals surface area contributed by atoms with Crippen molar-refractivity contribution in [3.8, 4) is 5.75 Å². The minimum absolute atomic E-state index is 0.0195. The first kappa shape index (κ1) is 14.9. The Kier molecular flexibility index (Phi) is 4.97. The van der Waals surface area contributed by atoms with E-state index in [0.717, 1.165) is 50.2 Å². The lowest BCUT2D eigenvalue weighted by Crippen LogP contribution is -2.49. The van der Waals surface area contributed by atoms with Gasteiger partial charge < -0.3 is 9.64 Å². The number of rotatable bonds is 5. The molecule has 0 atom stereocenters. The maximum Gasteiger partial charge on any atom is 0.275 e. The lowest BCUT2D eigenvalue weighted by molar-refractivity contribution is 0.0615. The molecule has 0 saturated carbocycles. The molecular weight excluding hydrogens is 300 g/mol. The van der Waals surface area contributed by atoms with Crippen LogP contribution in [-0.4, -0.2) is 63.8 Å². The molecule has 1 fully saturated rings. The Morgan fingerprint density at radius 2 is 1.95 bits per heavy atom. The van der Waals surface area contributed by atoms with Crippen molar-refractivity contribution in [3.05, 3.63) is 42.2 Å². The first-order valence-corrected chi connectivity index (χ1v) is 8.03. The highest BCUT2D eigenvalue weighted by Gasteiger charge is 2.23. The van der Waals surface area contributed by atoms with Gasteiger partial charge in [-0.1, -0.05) is 18.2 Å². The summed E-state index contributed by atoms with van der Waals surface area (Å²) >= 11 is 1.07. The van der Waals surface area contributed by atoms with E-state index in [0.29, 0.717) is 12.3 Å². The summed E-state index contributed by atoms with van der Waals surface area (Å²) in [5.41, 5.74) is 0.450. The third-order valence-corrected chi connectivity index (χ3v) is 4.14. The maximum absolute atomic E-state index is 12.2. The summed E-state index contributed by atoms with van der Waals surface area (Å²) in [6.45, 7) is 4.70. The van der Waals surface area contributed by atoms with E-state index in [4.69, 9.17) is 4.74 Å². The van der Waals surface area contributed by atoms with Crippen LogP contribution in [0.25, 0.3) is 0 Å². The van der Waals surface area contributed by atoms with Gasteiger partial charge >= 0.3 is 0 Å². The number of piperazine rings is 1. The van der Waals surface area contributed by atoms with Gasteiger partial charge in [-0.25, -0.2) is 0 Å². The molecule has 0 N–H and O–H groups in total. The van der Waals surface area contributed by atoms with Gasteiger partial charge in [-0.2, -0.15) is 8.75 Å². The molecule has 1 amide bonds. The van der Waals surface area contributed by atoms with Gasteiger partial charge in [0.1, 0.15) is 12.4 Å². The Morgan fingerprint density at radius 3 is 2.64 bits per heavy atom. The number of hydrogen-bond acceptors (Lipinski definition) is 6. The fourth-order valence-corrected chi connectivity index (χ4v) is 2.81. The Morgan fingerprint density at radius 1 is 1.18 bits per heavy atom. The second-order valence-corrected chi connectivity index (χ2v) is 5.64. The van der Waals surface area contributed by atoms with Crippen molar-refractivity contribution < 1.29 is 9.53 Å². The minimum atomic E-state index is -0.0195. The number of hydrogen-bond donors (Lipinski definition) is 0. The number of aromatic nitrogens is 2. The van der Waals surface area contributed by atoms with E-state index in [1.807, 2.05) is 35.2 Å². The van der Waals surface area contributed by atoms with Crippen LogP contribution >= 0.6 is 11.7 Å². The molecule has 6 nitrogen and oxygen atoms in total. The zero-order valence-corrected chi connectivity index (χ0v) is 13.0. The van der Waals surface area contributed by atoms with Gasteiger partial charge in [0.15, 0.2) is 5.69 Å². The zero-order valence-electron chi connectivity index (χ0n) is 12.2. The van der Waals surface area contributed by atoms with E-state index in [1.54, 1.807) is 0 Å². The predicted molar refractivity (Wildman–Crippen MR) is 84.2 cm³/mol. The number of carbonyl (C=O) groups excluding carboxylic acids is 1. The zero-order chi connectivity index (χ0) is 15.2. The molecule has 0 aliphatic carbocycles. The van der Waals surface area contributed by atoms with Crippen molar-refractivity contribution in [2.75, 3.05) is 39.3 Å². The summed E-state index contributed by atoms with van der Waals surface area (Å²) in [4.78, 5) is 16.3. The molecule has 1 aliphatic rings. The topological polar surface area (TPSA) is 58.6 Å². The van der Waals surface area contributed by atoms with Gasteiger partial charge in [0.25, 0.3) is 5.91 Å². The van der Waals surface area contributed by atoms with Crippen LogP contribution in [0.1, 0.15) is 10.5 Å². The summed E-state index contributed by atoms with van der Waals surface area (Å²) in [6.07, 6.45) is 1.53. The molecular formula is C15H18N4O2S. The molecule has 0 unspecified atom stereocenters. The number of amides is 1. The quantitative estimate of drug-likeness (QED) is 0.833. The van der Waals surface area contributed by atoms with Crippen LogP contribution in [0.5, 0.6) is 5.75 Å². The van der Waals surface area contributed by atoms with E-state index >= 15 is 0 Å². The molecule has 1 aromatic heterocycles. The van der Waals surface area contributed by atoms with Gasteiger partial charge in [-0.05, 0) is 12.1 Å². The third kappa shape index (κ3) is 3.80. The van der Waals surface area contributed by atoms with Crippen molar-refractivity contribution >= 4 is 17.6 Å². The number of nitrogens with zero attached hydrogens (tertiary/aromatic N) is 4. The van der Waals surface area contributed by atoms with Crippen LogP contribution in [0, 0.1) is 0 Å². The molecule has 1 aromatic carbocycles. The van der Waals surface area contributed by atoms with Crippen molar-refractivity contribution in [1.82, 2.24) is 18.5 Å². The number of carbonyl (C=O) groups is 1. The smallest absolute Gasteiger partial charge is 0.275 e. The maximum atomic E-state index is 12.2. The predicted octanol–water partition coefficient (Wildman–Crippen LogP) is 1.37. The molecule has 0 spiro atoms. The van der Waals surface area contributed by atoms with Crippen LogP contribution in [-0.2, 0) is 0 Å². The second-order valence-electron chi connectivity index (χ2n) is 5.09. The Hall–Kier alpha value is -1.99. The fraction of sp³-hybridized carbons (Fsp3) is 0.400. The molecule has 2 aromatic rings. The van der Waals surface area contributed by atoms with E-state index < -0.39 is 0 Å². The first-order valence-electron chi connectivity index (χ1n) is 7.30. The largest absolute Gasteiger partial charge is 0.492 e. The van der Waals surface area contributed by atoms with E-state index in [2.05, 4.69) is 13.6 Å². The number of benzene rings is 1. The van der Waals surface area contributed by atoms with E-state index in [9.17, 15) is 4.79 Å². The van der Waals surface area contributed by atoms with Crippen molar-refractivity contribution in [1.29, 1.82) is 0 Å². The molecule has 0 bridgehead atoms. The highest BCUT2D eigenvalue weighted by Crippen LogP contribution is 2.10. The standard InChI is InChI=1S/C15H18N4O2S/c20-15(14-12-16-22-17-14)19-8-6-18(7-9-19)10-11-21-13-4-2-1-3-5-13/h1-5,12H,6-11H2. The summed E-state index contributed by atoms with van der Waals surface area (Å²) in [6, 6.07) is 9.82. The Balaban J connectivity index is 1.39. The van der Waals surface area contributed by atoms with Crippen LogP contribution in [0.3, 0.4) is 0 Å². The van der Waals surface area contributed by atoms with Gasteiger partial charge in [-0.3, -0.25) is 9.69 Å². The van der Waals surface area contributed by atoms with Crippen LogP contribution < -0.4 is 4.74 Å². The molecule has 0 radical (unpaired) electrons. The molecule has 1 saturated heterocycles. The number of ether oxygens (including phenoxy) is 1. The molecule has 116 valence electrons. The monoisotopic (exact) mass is 318 g/mol. The van der Waals surface area contributed by atoms with Gasteiger partial charge in [0.05, 0.1) is 17.9 Å². The summed E-state index contributed by atoms with van der Waals surface area (Å²) in [5.74, 6) is 0.876. The Bertz CT molecular complexity index is 583. The molecule has 7 heteroatoms. The lowest BCUT2D eigenvalue weighted by Gasteiger charge is -2.34. The second kappa shape index (κ2) is 7.33. The Labute approximate surface area is 133 Å². The minimum Gasteiger partial charge on any atom is -0.492 e. The van der Waals surface area contributed by atoms with E-state index in [-0.39, 0.29) is 5.91 Å². The van der Waals surface area contributed by atoms with Crippen molar-refractivity contribution in [2.24, 2.45) is 0 Å². The summed E-state index contributed by atoms with van der Waals surface area (Å²) < 4.78 is 13.6. The fourth-order valence-electron chi connectivity index (χ4n) is 2.40. The third-order valence-electron chi connectivity index (χ3n) is 3.66. The van der Waals surface area contributed by atoms with Crippen molar-refractivity contribution in [3.63, 3.8) is 0 Å². The van der Waals surface area contributed by atoms with Crippen LogP contribution in [0.4, 0.5) is 0 Å². The van der Waals surface area contributed by atoms with Gasteiger partial charge in [0, 0.05) is 32.7 Å². The van der Waals surface area contributed by atoms with Crippen molar-refractivity contribution in [2.45, 2.75) is 0 Å². The average Bonchev–Trinajstić information content (AvgIpc) is 3.10. The van der Waals surface area contributed by atoms with E-state index in [1.165, 1.54) is 6.20 Å². The summed E-state index contributed by atoms with van der Waals surface area (Å²) in [5, 5.41) is 0. The highest BCUT2D eigenvalue weighted by molar-refractivity contribution is 6.99. The summed E-state index contributed by atoms with van der Waals surface area (Å²) in [7, 11) is 0. The normalized spacial score (nSPS) is 15.7. The average molecular weight is 318 g/mol. The molecule has 2 heterocycles. The SMILES string of the molecule is O=C(c1cnsn1)N1CCN(CCOc2ccccc2)CC1. The van der Waals surface area contributed by atoms with Gasteiger partial charge in [-0.15, -0.1) is 0 Å². The lowest BCUT2D eigenvalue weighted by atomic mass is 10.3. The molecule has 22 heavy (non-hydrogen) atoms. The van der Waals surface area contributed by atoms with Gasteiger partial charge in [0.2, 0.25) is 0 Å². The first-order chi connectivity index (χ1) is 10.8. The highest BCUT2D eigenvalue weighted by atomic mass is 32.1. The molecule has 3 rings (SSSR count). The number of para-hydroxylation sites is 1.